The third kappa shape index (κ3) is 3.29. The third-order valence-electron chi connectivity index (χ3n) is 3.30. The lowest BCUT2D eigenvalue weighted by molar-refractivity contribution is -0.120. The van der Waals surface area contributed by atoms with Crippen LogP contribution in [0, 0.1) is 6.92 Å². The molecule has 1 atom stereocenters. The van der Waals surface area contributed by atoms with E-state index in [4.69, 9.17) is 9.15 Å². The number of amides is 1. The number of benzene rings is 1. The number of carbonyl (C=O) groups is 1. The van der Waals surface area contributed by atoms with Gasteiger partial charge in [-0.15, -0.1) is 0 Å². The highest BCUT2D eigenvalue weighted by Gasteiger charge is 2.21. The molecular formula is C15H17N3O3. The Bertz CT molecular complexity index is 615. The second-order valence-corrected chi connectivity index (χ2v) is 4.89. The standard InChI is InChI=1S/C15H17N3O3/c1-10-17-8-14(21-10)11-2-4-12(5-3-11)18-15(19)13-9-20-7-6-16-13/h2-5,8,13,16H,6-7,9H2,1H3,(H,18,19). The molecule has 1 saturated heterocycles. The van der Waals surface area contributed by atoms with E-state index in [-0.39, 0.29) is 11.9 Å². The van der Waals surface area contributed by atoms with Gasteiger partial charge in [0.15, 0.2) is 11.7 Å². The Hall–Kier alpha value is -2.18. The average molecular weight is 287 g/mol. The van der Waals surface area contributed by atoms with Crippen molar-refractivity contribution in [2.75, 3.05) is 25.1 Å². The van der Waals surface area contributed by atoms with Crippen molar-refractivity contribution in [3.05, 3.63) is 36.4 Å². The van der Waals surface area contributed by atoms with Gasteiger partial charge in [-0.25, -0.2) is 4.98 Å². The molecule has 1 amide bonds. The first-order valence-electron chi connectivity index (χ1n) is 6.87. The van der Waals surface area contributed by atoms with Gasteiger partial charge in [0, 0.05) is 24.7 Å². The van der Waals surface area contributed by atoms with E-state index in [1.54, 1.807) is 13.1 Å². The third-order valence-corrected chi connectivity index (χ3v) is 3.30. The molecule has 0 radical (unpaired) electrons. The summed E-state index contributed by atoms with van der Waals surface area (Å²) in [6.07, 6.45) is 1.69. The summed E-state index contributed by atoms with van der Waals surface area (Å²) in [5, 5.41) is 5.99. The Balaban J connectivity index is 1.65. The summed E-state index contributed by atoms with van der Waals surface area (Å²) < 4.78 is 10.7. The molecule has 110 valence electrons. The van der Waals surface area contributed by atoms with Gasteiger partial charge in [-0.1, -0.05) is 0 Å². The molecule has 6 nitrogen and oxygen atoms in total. The Morgan fingerprint density at radius 3 is 2.81 bits per heavy atom. The smallest absolute Gasteiger partial charge is 0.243 e. The highest BCUT2D eigenvalue weighted by molar-refractivity contribution is 5.95. The molecule has 1 unspecified atom stereocenters. The molecule has 1 aliphatic heterocycles. The number of hydrogen-bond donors (Lipinski definition) is 2. The van der Waals surface area contributed by atoms with Crippen molar-refractivity contribution in [3.8, 4) is 11.3 Å². The molecule has 2 N–H and O–H groups in total. The molecule has 1 aromatic heterocycles. The number of aryl methyl sites for hydroxylation is 1. The summed E-state index contributed by atoms with van der Waals surface area (Å²) in [5.41, 5.74) is 1.67. The maximum absolute atomic E-state index is 12.0. The van der Waals surface area contributed by atoms with Gasteiger partial charge in [-0.3, -0.25) is 4.79 Å². The van der Waals surface area contributed by atoms with Crippen LogP contribution in [0.2, 0.25) is 0 Å². The summed E-state index contributed by atoms with van der Waals surface area (Å²) in [7, 11) is 0. The quantitative estimate of drug-likeness (QED) is 0.896. The fraction of sp³-hybridized carbons (Fsp3) is 0.333. The summed E-state index contributed by atoms with van der Waals surface area (Å²) in [4.78, 5) is 16.1. The summed E-state index contributed by atoms with van der Waals surface area (Å²) in [6.45, 7) is 3.55. The van der Waals surface area contributed by atoms with Crippen molar-refractivity contribution in [1.82, 2.24) is 10.3 Å². The van der Waals surface area contributed by atoms with E-state index in [9.17, 15) is 4.79 Å². The van der Waals surface area contributed by atoms with Crippen molar-refractivity contribution < 1.29 is 13.9 Å². The second kappa shape index (κ2) is 6.07. The highest BCUT2D eigenvalue weighted by Crippen LogP contribution is 2.22. The first kappa shape index (κ1) is 13.8. The Morgan fingerprint density at radius 1 is 1.38 bits per heavy atom. The van der Waals surface area contributed by atoms with Crippen LogP contribution in [0.25, 0.3) is 11.3 Å². The molecule has 6 heteroatoms. The predicted octanol–water partition coefficient (Wildman–Crippen LogP) is 1.58. The topological polar surface area (TPSA) is 76.4 Å². The highest BCUT2D eigenvalue weighted by atomic mass is 16.5. The Kier molecular flexibility index (Phi) is 3.98. The van der Waals surface area contributed by atoms with Gasteiger partial charge in [0.25, 0.3) is 0 Å². The van der Waals surface area contributed by atoms with E-state index < -0.39 is 0 Å². The molecule has 0 bridgehead atoms. The Labute approximate surface area is 122 Å². The number of carbonyl (C=O) groups excluding carboxylic acids is 1. The predicted molar refractivity (Wildman–Crippen MR) is 77.9 cm³/mol. The van der Waals surface area contributed by atoms with E-state index in [0.29, 0.717) is 31.4 Å². The molecule has 1 fully saturated rings. The maximum atomic E-state index is 12.0. The molecule has 2 heterocycles. The number of hydrogen-bond acceptors (Lipinski definition) is 5. The van der Waals surface area contributed by atoms with Crippen LogP contribution in [0.4, 0.5) is 5.69 Å². The fourth-order valence-electron chi connectivity index (χ4n) is 2.18. The van der Waals surface area contributed by atoms with Crippen LogP contribution in [0.3, 0.4) is 0 Å². The molecule has 21 heavy (non-hydrogen) atoms. The number of rotatable bonds is 3. The summed E-state index contributed by atoms with van der Waals surface area (Å²) >= 11 is 0. The first-order chi connectivity index (χ1) is 10.2. The van der Waals surface area contributed by atoms with Crippen LogP contribution in [0.1, 0.15) is 5.89 Å². The van der Waals surface area contributed by atoms with Gasteiger partial charge in [0.1, 0.15) is 6.04 Å². The molecule has 0 saturated carbocycles. The molecule has 1 aromatic carbocycles. The lowest BCUT2D eigenvalue weighted by atomic mass is 10.1. The maximum Gasteiger partial charge on any atom is 0.243 e. The minimum Gasteiger partial charge on any atom is -0.441 e. The number of aromatic nitrogens is 1. The van der Waals surface area contributed by atoms with Crippen molar-refractivity contribution in [3.63, 3.8) is 0 Å². The number of nitrogens with one attached hydrogen (secondary N) is 2. The SMILES string of the molecule is Cc1ncc(-c2ccc(NC(=O)C3COCCN3)cc2)o1. The monoisotopic (exact) mass is 287 g/mol. The minimum atomic E-state index is -0.296. The van der Waals surface area contributed by atoms with Crippen molar-refractivity contribution in [1.29, 1.82) is 0 Å². The van der Waals surface area contributed by atoms with Crippen LogP contribution >= 0.6 is 0 Å². The van der Waals surface area contributed by atoms with E-state index >= 15 is 0 Å². The van der Waals surface area contributed by atoms with E-state index in [1.807, 2.05) is 24.3 Å². The van der Waals surface area contributed by atoms with Crippen molar-refractivity contribution in [2.45, 2.75) is 13.0 Å². The molecular weight excluding hydrogens is 270 g/mol. The van der Waals surface area contributed by atoms with Crippen LogP contribution in [0.15, 0.2) is 34.9 Å². The summed E-state index contributed by atoms with van der Waals surface area (Å²) in [5.74, 6) is 1.26. The Morgan fingerprint density at radius 2 is 2.19 bits per heavy atom. The van der Waals surface area contributed by atoms with Gasteiger partial charge in [0.05, 0.1) is 19.4 Å². The molecule has 3 rings (SSSR count). The van der Waals surface area contributed by atoms with Crippen LogP contribution < -0.4 is 10.6 Å². The molecule has 0 spiro atoms. The van der Waals surface area contributed by atoms with Gasteiger partial charge in [0.2, 0.25) is 5.91 Å². The van der Waals surface area contributed by atoms with Gasteiger partial charge in [-0.05, 0) is 24.3 Å². The van der Waals surface area contributed by atoms with E-state index in [1.165, 1.54) is 0 Å². The van der Waals surface area contributed by atoms with Gasteiger partial charge < -0.3 is 19.8 Å². The van der Waals surface area contributed by atoms with Gasteiger partial charge in [-0.2, -0.15) is 0 Å². The van der Waals surface area contributed by atoms with Crippen LogP contribution in [0.5, 0.6) is 0 Å². The fourth-order valence-corrected chi connectivity index (χ4v) is 2.18. The van der Waals surface area contributed by atoms with Crippen molar-refractivity contribution >= 4 is 11.6 Å². The molecule has 1 aliphatic rings. The molecule has 2 aromatic rings. The second-order valence-electron chi connectivity index (χ2n) is 4.89. The van der Waals surface area contributed by atoms with Crippen LogP contribution in [-0.4, -0.2) is 36.7 Å². The lowest BCUT2D eigenvalue weighted by Crippen LogP contribution is -2.48. The first-order valence-corrected chi connectivity index (χ1v) is 6.87. The largest absolute Gasteiger partial charge is 0.441 e. The summed E-state index contributed by atoms with van der Waals surface area (Å²) in [6, 6.07) is 7.17. The van der Waals surface area contributed by atoms with E-state index in [2.05, 4.69) is 15.6 Å². The zero-order valence-electron chi connectivity index (χ0n) is 11.8. The number of ether oxygens (including phenoxy) is 1. The number of nitrogens with zero attached hydrogens (tertiary/aromatic N) is 1. The van der Waals surface area contributed by atoms with Gasteiger partial charge >= 0.3 is 0 Å². The minimum absolute atomic E-state index is 0.0852. The average Bonchev–Trinajstić information content (AvgIpc) is 2.95. The zero-order chi connectivity index (χ0) is 14.7. The number of anilines is 1. The van der Waals surface area contributed by atoms with Crippen molar-refractivity contribution in [2.24, 2.45) is 0 Å². The van der Waals surface area contributed by atoms with Crippen LogP contribution in [-0.2, 0) is 9.53 Å². The lowest BCUT2D eigenvalue weighted by Gasteiger charge is -2.22. The number of oxazole rings is 1. The normalized spacial score (nSPS) is 18.4. The molecule has 0 aliphatic carbocycles. The van der Waals surface area contributed by atoms with E-state index in [0.717, 1.165) is 11.3 Å². The number of morpholine rings is 1. The zero-order valence-corrected chi connectivity index (χ0v) is 11.8.